The monoisotopic (exact) mass is 302 g/mol. The molecule has 8 nitrogen and oxygen atoms in total. The third-order valence-corrected chi connectivity index (χ3v) is 3.80. The molecule has 2 aliphatic heterocycles. The summed E-state index contributed by atoms with van der Waals surface area (Å²) in [6.45, 7) is 2.40. The van der Waals surface area contributed by atoms with Crippen molar-refractivity contribution in [3.8, 4) is 0 Å². The van der Waals surface area contributed by atoms with Gasteiger partial charge in [0.05, 0.1) is 11.8 Å². The summed E-state index contributed by atoms with van der Waals surface area (Å²) in [5.74, 6) is -1.91. The molecule has 21 heavy (non-hydrogen) atoms. The zero-order chi connectivity index (χ0) is 15.8. The highest BCUT2D eigenvalue weighted by Crippen LogP contribution is 2.16. The van der Waals surface area contributed by atoms with Crippen molar-refractivity contribution in [1.29, 1.82) is 0 Å². The fourth-order valence-corrected chi connectivity index (χ4v) is 2.39. The summed E-state index contributed by atoms with van der Waals surface area (Å²) in [7, 11) is 0. The minimum absolute atomic E-state index is 0.0914. The number of likely N-dealkylation sites (tertiary alicyclic amines) is 1. The van der Waals surface area contributed by atoms with E-state index in [-0.39, 0.29) is 11.8 Å². The van der Waals surface area contributed by atoms with Gasteiger partial charge in [0.1, 0.15) is 0 Å². The van der Waals surface area contributed by atoms with E-state index in [9.17, 15) is 14.4 Å². The van der Waals surface area contributed by atoms with E-state index in [0.717, 1.165) is 25.9 Å². The van der Waals surface area contributed by atoms with Crippen molar-refractivity contribution >= 4 is 18.0 Å². The molecule has 2 heterocycles. The Bertz CT molecular complexity index is 351. The molecule has 0 atom stereocenters. The number of hydrogen-bond donors (Lipinski definition) is 4. The fraction of sp³-hybridized carbons (Fsp3) is 0.769. The van der Waals surface area contributed by atoms with Crippen LogP contribution in [0.1, 0.15) is 25.7 Å². The Hall–Kier alpha value is -1.83. The summed E-state index contributed by atoms with van der Waals surface area (Å²) >= 11 is 0. The fourth-order valence-electron chi connectivity index (χ4n) is 2.39. The Morgan fingerprint density at radius 3 is 1.57 bits per heavy atom. The molecule has 0 saturated carbocycles. The average Bonchev–Trinajstić information content (AvgIpc) is 2.49. The van der Waals surface area contributed by atoms with Gasteiger partial charge in [-0.3, -0.25) is 9.59 Å². The SMILES string of the molecule is O=C(O)C1CCN(C(=O)O)CC1.O=C(O)C1CCNCC1. The standard InChI is InChI=1S/C7H11NO4.C6H11NO2/c9-6(10)5-1-3-8(4-2-5)7(11)12;8-6(9)5-1-3-7-4-2-5/h5H,1-4H2,(H,9,10)(H,11,12);5,7H,1-4H2,(H,8,9). The lowest BCUT2D eigenvalue weighted by molar-refractivity contribution is -0.143. The van der Waals surface area contributed by atoms with E-state index in [2.05, 4.69) is 5.32 Å². The molecule has 2 saturated heterocycles. The highest BCUT2D eigenvalue weighted by molar-refractivity contribution is 5.71. The lowest BCUT2D eigenvalue weighted by Gasteiger charge is -2.27. The second-order valence-electron chi connectivity index (χ2n) is 5.24. The van der Waals surface area contributed by atoms with E-state index in [1.165, 1.54) is 4.90 Å². The van der Waals surface area contributed by atoms with Crippen LogP contribution in [0.25, 0.3) is 0 Å². The van der Waals surface area contributed by atoms with Crippen molar-refractivity contribution in [2.75, 3.05) is 26.2 Å². The van der Waals surface area contributed by atoms with Crippen molar-refractivity contribution in [2.24, 2.45) is 11.8 Å². The molecular weight excluding hydrogens is 280 g/mol. The minimum atomic E-state index is -0.959. The molecule has 1 amide bonds. The Kier molecular flexibility index (Phi) is 6.93. The summed E-state index contributed by atoms with van der Waals surface area (Å²) < 4.78 is 0. The molecule has 0 aromatic heterocycles. The smallest absolute Gasteiger partial charge is 0.407 e. The van der Waals surface area contributed by atoms with Crippen LogP contribution >= 0.6 is 0 Å². The first-order chi connectivity index (χ1) is 9.91. The van der Waals surface area contributed by atoms with Crippen molar-refractivity contribution in [3.05, 3.63) is 0 Å². The molecule has 120 valence electrons. The van der Waals surface area contributed by atoms with E-state index in [0.29, 0.717) is 25.9 Å². The van der Waals surface area contributed by atoms with Crippen LogP contribution in [0.15, 0.2) is 0 Å². The van der Waals surface area contributed by atoms with Crippen LogP contribution in [0.4, 0.5) is 4.79 Å². The number of amides is 1. The predicted octanol–water partition coefficient (Wildman–Crippen LogP) is 0.532. The topological polar surface area (TPSA) is 127 Å². The Balaban J connectivity index is 0.000000219. The third-order valence-electron chi connectivity index (χ3n) is 3.80. The first-order valence-electron chi connectivity index (χ1n) is 7.06. The number of piperidine rings is 2. The van der Waals surface area contributed by atoms with Gasteiger partial charge in [0, 0.05) is 13.1 Å². The summed E-state index contributed by atoms with van der Waals surface area (Å²) in [6.07, 6.45) is 1.48. The molecule has 4 N–H and O–H groups in total. The Morgan fingerprint density at radius 1 is 0.810 bits per heavy atom. The van der Waals surface area contributed by atoms with E-state index in [1.54, 1.807) is 0 Å². The maximum Gasteiger partial charge on any atom is 0.407 e. The molecule has 0 unspecified atom stereocenters. The molecule has 0 bridgehead atoms. The van der Waals surface area contributed by atoms with Gasteiger partial charge in [0.25, 0.3) is 0 Å². The zero-order valence-electron chi connectivity index (χ0n) is 11.8. The van der Waals surface area contributed by atoms with Gasteiger partial charge in [-0.05, 0) is 38.8 Å². The minimum Gasteiger partial charge on any atom is -0.481 e. The van der Waals surface area contributed by atoms with Gasteiger partial charge in [-0.25, -0.2) is 4.79 Å². The zero-order valence-corrected chi connectivity index (χ0v) is 11.8. The van der Waals surface area contributed by atoms with E-state index in [1.807, 2.05) is 0 Å². The number of carboxylic acids is 2. The van der Waals surface area contributed by atoms with Crippen molar-refractivity contribution in [1.82, 2.24) is 10.2 Å². The molecule has 0 radical (unpaired) electrons. The van der Waals surface area contributed by atoms with E-state index >= 15 is 0 Å². The second-order valence-corrected chi connectivity index (χ2v) is 5.24. The van der Waals surface area contributed by atoms with E-state index in [4.69, 9.17) is 15.3 Å². The molecule has 8 heteroatoms. The average molecular weight is 302 g/mol. The number of nitrogens with zero attached hydrogens (tertiary/aromatic N) is 1. The number of rotatable bonds is 2. The number of hydrogen-bond acceptors (Lipinski definition) is 4. The number of nitrogens with one attached hydrogen (secondary N) is 1. The molecule has 2 rings (SSSR count). The second kappa shape index (κ2) is 8.46. The molecule has 2 aliphatic rings. The Morgan fingerprint density at radius 2 is 1.24 bits per heavy atom. The lowest BCUT2D eigenvalue weighted by atomic mass is 9.97. The predicted molar refractivity (Wildman–Crippen MR) is 73.2 cm³/mol. The van der Waals surface area contributed by atoms with Crippen LogP contribution in [0.3, 0.4) is 0 Å². The third kappa shape index (κ3) is 5.99. The molecule has 0 aromatic carbocycles. The molecule has 0 spiro atoms. The van der Waals surface area contributed by atoms with Gasteiger partial charge in [0.2, 0.25) is 0 Å². The summed E-state index contributed by atoms with van der Waals surface area (Å²) in [5.41, 5.74) is 0. The molecule has 0 aromatic rings. The highest BCUT2D eigenvalue weighted by Gasteiger charge is 2.26. The van der Waals surface area contributed by atoms with Crippen LogP contribution in [0, 0.1) is 11.8 Å². The van der Waals surface area contributed by atoms with Gasteiger partial charge in [-0.15, -0.1) is 0 Å². The van der Waals surface area contributed by atoms with Crippen LogP contribution in [0.5, 0.6) is 0 Å². The first kappa shape index (κ1) is 17.2. The van der Waals surface area contributed by atoms with Crippen molar-refractivity contribution in [3.63, 3.8) is 0 Å². The quantitative estimate of drug-likeness (QED) is 0.586. The first-order valence-corrected chi connectivity index (χ1v) is 7.06. The maximum atomic E-state index is 10.5. The number of carboxylic acid groups (broad SMARTS) is 3. The highest BCUT2D eigenvalue weighted by atomic mass is 16.4. The molecule has 2 fully saturated rings. The Labute approximate surface area is 122 Å². The van der Waals surface area contributed by atoms with Gasteiger partial charge in [-0.1, -0.05) is 0 Å². The van der Waals surface area contributed by atoms with Crippen LogP contribution < -0.4 is 5.32 Å². The van der Waals surface area contributed by atoms with Crippen LogP contribution in [0.2, 0.25) is 0 Å². The summed E-state index contributed by atoms with van der Waals surface area (Å²) in [6, 6.07) is 0. The van der Waals surface area contributed by atoms with Crippen molar-refractivity contribution in [2.45, 2.75) is 25.7 Å². The summed E-state index contributed by atoms with van der Waals surface area (Å²) in [5, 5.41) is 28.8. The molecule has 0 aliphatic carbocycles. The van der Waals surface area contributed by atoms with Gasteiger partial charge in [0.15, 0.2) is 0 Å². The van der Waals surface area contributed by atoms with Crippen LogP contribution in [-0.2, 0) is 9.59 Å². The normalized spacial score (nSPS) is 20.3. The largest absolute Gasteiger partial charge is 0.481 e. The molecular formula is C13H22N2O6. The number of aliphatic carboxylic acids is 2. The van der Waals surface area contributed by atoms with E-state index < -0.39 is 18.0 Å². The van der Waals surface area contributed by atoms with Gasteiger partial charge in [-0.2, -0.15) is 0 Å². The van der Waals surface area contributed by atoms with Gasteiger partial charge >= 0.3 is 18.0 Å². The number of carbonyl (C=O) groups is 3. The maximum absolute atomic E-state index is 10.5. The van der Waals surface area contributed by atoms with Gasteiger partial charge < -0.3 is 25.5 Å². The van der Waals surface area contributed by atoms with Crippen LogP contribution in [-0.4, -0.2) is 64.4 Å². The van der Waals surface area contributed by atoms with Crippen molar-refractivity contribution < 1.29 is 29.7 Å². The lowest BCUT2D eigenvalue weighted by Crippen LogP contribution is -2.39. The summed E-state index contributed by atoms with van der Waals surface area (Å²) in [4.78, 5) is 32.5.